The second kappa shape index (κ2) is 8.48. The van der Waals surface area contributed by atoms with Crippen LogP contribution in [0.3, 0.4) is 0 Å². The summed E-state index contributed by atoms with van der Waals surface area (Å²) in [7, 11) is 1.65. The fourth-order valence-electron chi connectivity index (χ4n) is 3.68. The minimum atomic E-state index is -0.350. The number of rotatable bonds is 6. The number of fused-ring (bicyclic) bond motifs is 1. The molecule has 2 heterocycles. The van der Waals surface area contributed by atoms with Crippen LogP contribution in [0.25, 0.3) is 11.3 Å². The zero-order chi connectivity index (χ0) is 20.5. The number of benzene rings is 2. The Hall–Kier alpha value is -1.86. The summed E-state index contributed by atoms with van der Waals surface area (Å²) < 4.78 is 6.15. The van der Waals surface area contributed by atoms with Gasteiger partial charge in [0.15, 0.2) is 0 Å². The average molecular weight is 495 g/mol. The number of methoxy groups -OCH3 is 1. The number of aromatic nitrogens is 2. The summed E-state index contributed by atoms with van der Waals surface area (Å²) in [6.07, 6.45) is 0.718. The van der Waals surface area contributed by atoms with E-state index >= 15 is 0 Å². The van der Waals surface area contributed by atoms with E-state index in [2.05, 4.69) is 26.1 Å². The molecule has 3 aromatic rings. The van der Waals surface area contributed by atoms with Gasteiger partial charge in [-0.15, -0.1) is 0 Å². The molecule has 0 fully saturated rings. The second-order valence-corrected chi connectivity index (χ2v) is 8.54. The molecule has 5 nitrogen and oxygen atoms in total. The van der Waals surface area contributed by atoms with E-state index in [9.17, 15) is 4.79 Å². The van der Waals surface area contributed by atoms with Crippen molar-refractivity contribution in [2.75, 3.05) is 20.3 Å². The molecule has 1 atom stereocenters. The number of nitrogens with one attached hydrogen (secondary N) is 1. The van der Waals surface area contributed by atoms with Crippen molar-refractivity contribution in [3.05, 3.63) is 73.8 Å². The maximum absolute atomic E-state index is 13.2. The summed E-state index contributed by atoms with van der Waals surface area (Å²) in [6, 6.07) is 12.9. The predicted molar refractivity (Wildman–Crippen MR) is 118 cm³/mol. The van der Waals surface area contributed by atoms with Crippen molar-refractivity contribution in [3.63, 3.8) is 0 Å². The zero-order valence-electron chi connectivity index (χ0n) is 15.6. The molecular formula is C21H18BrCl2N3O2. The highest BCUT2D eigenvalue weighted by Crippen LogP contribution is 2.45. The van der Waals surface area contributed by atoms with Gasteiger partial charge in [-0.3, -0.25) is 9.89 Å². The summed E-state index contributed by atoms with van der Waals surface area (Å²) in [5, 5.41) is 8.47. The lowest BCUT2D eigenvalue weighted by Gasteiger charge is -2.27. The van der Waals surface area contributed by atoms with Gasteiger partial charge in [-0.05, 0) is 36.2 Å². The molecule has 0 spiro atoms. The number of hydrogen-bond donors (Lipinski definition) is 1. The Bertz CT molecular complexity index is 1050. The van der Waals surface area contributed by atoms with Crippen LogP contribution in [0.4, 0.5) is 0 Å². The van der Waals surface area contributed by atoms with Gasteiger partial charge < -0.3 is 9.64 Å². The first kappa shape index (κ1) is 20.4. The number of nitrogens with zero attached hydrogens (tertiary/aromatic N) is 2. The zero-order valence-corrected chi connectivity index (χ0v) is 18.7. The lowest BCUT2D eigenvalue weighted by atomic mass is 9.96. The fourth-order valence-corrected chi connectivity index (χ4v) is 4.46. The van der Waals surface area contributed by atoms with Crippen LogP contribution in [0.15, 0.2) is 46.9 Å². The third kappa shape index (κ3) is 3.82. The van der Waals surface area contributed by atoms with Crippen LogP contribution in [0.2, 0.25) is 10.0 Å². The smallest absolute Gasteiger partial charge is 0.273 e. The summed E-state index contributed by atoms with van der Waals surface area (Å²) in [6.45, 7) is 1.11. The average Bonchev–Trinajstić information content (AvgIpc) is 3.23. The molecule has 0 saturated carbocycles. The molecule has 0 bridgehead atoms. The van der Waals surface area contributed by atoms with E-state index in [4.69, 9.17) is 27.9 Å². The Kier molecular flexibility index (Phi) is 5.97. The minimum Gasteiger partial charge on any atom is -0.385 e. The van der Waals surface area contributed by atoms with Crippen molar-refractivity contribution in [3.8, 4) is 11.3 Å². The number of ether oxygens (including phenoxy) is 1. The van der Waals surface area contributed by atoms with Crippen LogP contribution in [-0.2, 0) is 4.74 Å². The fraction of sp³-hybridized carbons (Fsp3) is 0.238. The summed E-state index contributed by atoms with van der Waals surface area (Å²) in [5.74, 6) is -0.0945. The molecule has 29 heavy (non-hydrogen) atoms. The molecule has 0 radical (unpaired) electrons. The van der Waals surface area contributed by atoms with E-state index in [1.807, 2.05) is 35.2 Å². The topological polar surface area (TPSA) is 58.2 Å². The largest absolute Gasteiger partial charge is 0.385 e. The molecule has 1 unspecified atom stereocenters. The van der Waals surface area contributed by atoms with Gasteiger partial charge >= 0.3 is 0 Å². The van der Waals surface area contributed by atoms with E-state index in [-0.39, 0.29) is 11.9 Å². The Morgan fingerprint density at radius 3 is 2.66 bits per heavy atom. The van der Waals surface area contributed by atoms with Gasteiger partial charge in [0.2, 0.25) is 0 Å². The Morgan fingerprint density at radius 2 is 1.97 bits per heavy atom. The van der Waals surface area contributed by atoms with Gasteiger partial charge in [0.25, 0.3) is 5.91 Å². The molecule has 1 amide bonds. The van der Waals surface area contributed by atoms with E-state index < -0.39 is 0 Å². The normalized spacial score (nSPS) is 15.8. The maximum atomic E-state index is 13.2. The highest BCUT2D eigenvalue weighted by atomic mass is 79.9. The van der Waals surface area contributed by atoms with E-state index in [1.165, 1.54) is 0 Å². The third-order valence-corrected chi connectivity index (χ3v) is 6.08. The molecule has 1 aliphatic rings. The van der Waals surface area contributed by atoms with Crippen LogP contribution < -0.4 is 0 Å². The van der Waals surface area contributed by atoms with Gasteiger partial charge in [-0.2, -0.15) is 5.10 Å². The van der Waals surface area contributed by atoms with E-state index in [0.717, 1.165) is 33.3 Å². The number of amides is 1. The Balaban J connectivity index is 1.84. The van der Waals surface area contributed by atoms with Crippen LogP contribution in [0, 0.1) is 0 Å². The van der Waals surface area contributed by atoms with Crippen molar-refractivity contribution in [1.82, 2.24) is 15.1 Å². The summed E-state index contributed by atoms with van der Waals surface area (Å²) in [4.78, 5) is 15.0. The first-order valence-electron chi connectivity index (χ1n) is 9.10. The predicted octanol–water partition coefficient (Wildman–Crippen LogP) is 5.73. The van der Waals surface area contributed by atoms with Crippen molar-refractivity contribution in [2.45, 2.75) is 12.5 Å². The van der Waals surface area contributed by atoms with Crippen LogP contribution >= 0.6 is 39.1 Å². The van der Waals surface area contributed by atoms with Gasteiger partial charge in [0.05, 0.1) is 11.7 Å². The summed E-state index contributed by atoms with van der Waals surface area (Å²) in [5.41, 5.74) is 3.81. The van der Waals surface area contributed by atoms with Crippen molar-refractivity contribution in [1.29, 1.82) is 0 Å². The van der Waals surface area contributed by atoms with Gasteiger partial charge in [-0.25, -0.2) is 0 Å². The molecule has 0 aliphatic carbocycles. The van der Waals surface area contributed by atoms with Crippen molar-refractivity contribution >= 4 is 45.0 Å². The molecule has 150 valence electrons. The molecule has 2 aromatic carbocycles. The Morgan fingerprint density at radius 1 is 1.21 bits per heavy atom. The monoisotopic (exact) mass is 493 g/mol. The standard InChI is InChI=1S/C21H18BrCl2N3O2/c1-29-10-2-9-27-20(15-8-7-14(23)11-16(15)24)17-18(25-26-19(17)21(27)28)12-3-5-13(22)6-4-12/h3-8,11,20H,2,9-10H2,1H3,(H,25,26). The lowest BCUT2D eigenvalue weighted by Crippen LogP contribution is -2.31. The van der Waals surface area contributed by atoms with E-state index in [0.29, 0.717) is 28.9 Å². The van der Waals surface area contributed by atoms with E-state index in [1.54, 1.807) is 19.2 Å². The molecule has 1 aromatic heterocycles. The number of carbonyl (C=O) groups excluding carboxylic acids is 1. The molecule has 1 aliphatic heterocycles. The Labute approximate surface area is 187 Å². The highest BCUT2D eigenvalue weighted by Gasteiger charge is 2.42. The number of halogens is 3. The summed E-state index contributed by atoms with van der Waals surface area (Å²) >= 11 is 16.1. The number of aromatic amines is 1. The molecule has 0 saturated heterocycles. The van der Waals surface area contributed by atoms with Crippen LogP contribution in [0.5, 0.6) is 0 Å². The quantitative estimate of drug-likeness (QED) is 0.445. The highest BCUT2D eigenvalue weighted by molar-refractivity contribution is 9.10. The maximum Gasteiger partial charge on any atom is 0.273 e. The van der Waals surface area contributed by atoms with Gasteiger partial charge in [0, 0.05) is 45.9 Å². The molecule has 8 heteroatoms. The van der Waals surface area contributed by atoms with Crippen molar-refractivity contribution < 1.29 is 9.53 Å². The van der Waals surface area contributed by atoms with Crippen molar-refractivity contribution in [2.24, 2.45) is 0 Å². The first-order valence-corrected chi connectivity index (χ1v) is 10.6. The number of carbonyl (C=O) groups is 1. The van der Waals surface area contributed by atoms with Gasteiger partial charge in [-0.1, -0.05) is 57.3 Å². The van der Waals surface area contributed by atoms with Gasteiger partial charge in [0.1, 0.15) is 5.69 Å². The SMILES string of the molecule is COCCCN1C(=O)c2[nH]nc(-c3ccc(Br)cc3)c2C1c1ccc(Cl)cc1Cl. The number of hydrogen-bond acceptors (Lipinski definition) is 3. The third-order valence-electron chi connectivity index (χ3n) is 4.99. The molecule has 1 N–H and O–H groups in total. The van der Waals surface area contributed by atoms with Crippen LogP contribution in [0.1, 0.15) is 34.1 Å². The molecule has 4 rings (SSSR count). The first-order chi connectivity index (χ1) is 14.0. The molecular weight excluding hydrogens is 477 g/mol. The lowest BCUT2D eigenvalue weighted by molar-refractivity contribution is 0.0723. The number of H-pyrrole nitrogens is 1. The minimum absolute atomic E-state index is 0.0945. The van der Waals surface area contributed by atoms with Crippen LogP contribution in [-0.4, -0.2) is 41.3 Å². The second-order valence-electron chi connectivity index (χ2n) is 6.78.